The fourth-order valence-electron chi connectivity index (χ4n) is 2.69. The maximum Gasteiger partial charge on any atom is 0.352 e. The Bertz CT molecular complexity index is 935. The lowest BCUT2D eigenvalue weighted by Crippen LogP contribution is -2.05. The fraction of sp³-hybridized carbons (Fsp3) is 0.0588. The molecule has 6 heteroatoms. The van der Waals surface area contributed by atoms with Crippen molar-refractivity contribution in [1.82, 2.24) is 4.98 Å². The lowest BCUT2D eigenvalue weighted by Gasteiger charge is -2.08. The highest BCUT2D eigenvalue weighted by atomic mass is 32.1. The highest BCUT2D eigenvalue weighted by molar-refractivity contribution is 7.11. The van der Waals surface area contributed by atoms with E-state index in [0.717, 1.165) is 0 Å². The summed E-state index contributed by atoms with van der Waals surface area (Å²) in [6, 6.07) is 10.6. The molecular formula is C17H13NO4S. The normalized spacial score (nSPS) is 12.2. The van der Waals surface area contributed by atoms with Gasteiger partial charge in [-0.3, -0.25) is 0 Å². The zero-order valence-electron chi connectivity index (χ0n) is 12.2. The average molecular weight is 327 g/mol. The fourth-order valence-corrected chi connectivity index (χ4v) is 3.51. The molecule has 0 atom stereocenters. The van der Waals surface area contributed by atoms with Crippen LogP contribution in [0.1, 0.15) is 27.9 Å². The van der Waals surface area contributed by atoms with Gasteiger partial charge in [-0.15, -0.1) is 11.3 Å². The van der Waals surface area contributed by atoms with E-state index in [1.165, 1.54) is 11.3 Å². The van der Waals surface area contributed by atoms with Gasteiger partial charge in [0.2, 0.25) is 0 Å². The van der Waals surface area contributed by atoms with E-state index in [9.17, 15) is 19.8 Å². The minimum atomic E-state index is -1.12. The molecule has 2 aromatic heterocycles. The van der Waals surface area contributed by atoms with Crippen molar-refractivity contribution in [3.8, 4) is 0 Å². The van der Waals surface area contributed by atoms with E-state index in [4.69, 9.17) is 0 Å². The van der Waals surface area contributed by atoms with E-state index in [-0.39, 0.29) is 11.3 Å². The number of H-pyrrole nitrogens is 1. The highest BCUT2D eigenvalue weighted by Gasteiger charge is 2.23. The van der Waals surface area contributed by atoms with Gasteiger partial charge in [0.25, 0.3) is 0 Å². The third-order valence-electron chi connectivity index (χ3n) is 3.65. The van der Waals surface area contributed by atoms with Crippen molar-refractivity contribution in [2.45, 2.75) is 6.92 Å². The number of fused-ring (bicyclic) bond motifs is 1. The second kappa shape index (κ2) is 5.73. The summed E-state index contributed by atoms with van der Waals surface area (Å²) in [6.07, 6.45) is 0. The molecule has 116 valence electrons. The number of thiophene rings is 1. The van der Waals surface area contributed by atoms with Gasteiger partial charge >= 0.3 is 11.9 Å². The van der Waals surface area contributed by atoms with Crippen LogP contribution in [0.3, 0.4) is 0 Å². The summed E-state index contributed by atoms with van der Waals surface area (Å²) in [6.45, 7) is 1.64. The Morgan fingerprint density at radius 1 is 1.09 bits per heavy atom. The third kappa shape index (κ3) is 2.53. The first-order valence-electron chi connectivity index (χ1n) is 6.83. The molecule has 0 aliphatic rings. The molecule has 0 bridgehead atoms. The molecule has 2 heterocycles. The Morgan fingerprint density at radius 3 is 2.43 bits per heavy atom. The molecule has 0 saturated heterocycles. The average Bonchev–Trinajstić information content (AvgIpc) is 3.13. The number of aromatic amines is 1. The van der Waals surface area contributed by atoms with Gasteiger partial charge in [-0.25, -0.2) is 9.59 Å². The molecule has 0 spiro atoms. The number of hydrogen-bond donors (Lipinski definition) is 3. The predicted molar refractivity (Wildman–Crippen MR) is 89.7 cm³/mol. The lowest BCUT2D eigenvalue weighted by molar-refractivity contribution is -0.130. The van der Waals surface area contributed by atoms with Gasteiger partial charge in [0, 0.05) is 21.3 Å². The first-order chi connectivity index (χ1) is 11.0. The van der Waals surface area contributed by atoms with Crippen LogP contribution in [0.2, 0.25) is 0 Å². The van der Waals surface area contributed by atoms with Crippen molar-refractivity contribution in [3.63, 3.8) is 0 Å². The molecule has 0 fully saturated rings. The zero-order valence-corrected chi connectivity index (χ0v) is 13.0. The summed E-state index contributed by atoms with van der Waals surface area (Å²) in [4.78, 5) is 26.8. The van der Waals surface area contributed by atoms with Crippen LogP contribution >= 0.6 is 11.3 Å². The number of allylic oxidation sites excluding steroid dienone is 1. The standard InChI is InChI=1S/C17H13NO4S/c1-9(14(16(19)20)12-7-4-8-23-12)13-10-5-2-3-6-11(10)18-15(13)17(21)22/h2-8,18H,1H3,(H,19,20)(H,21,22). The molecule has 0 aliphatic carbocycles. The number of carbonyl (C=O) groups is 2. The maximum absolute atomic E-state index is 11.7. The number of aliphatic carboxylic acids is 1. The minimum absolute atomic E-state index is 0.000920. The highest BCUT2D eigenvalue weighted by Crippen LogP contribution is 2.35. The monoisotopic (exact) mass is 327 g/mol. The van der Waals surface area contributed by atoms with Crippen LogP contribution in [-0.2, 0) is 4.79 Å². The quantitative estimate of drug-likeness (QED) is 0.633. The Labute approximate surface area is 135 Å². The molecule has 3 aromatic rings. The number of aromatic carboxylic acids is 1. The Morgan fingerprint density at radius 2 is 1.83 bits per heavy atom. The van der Waals surface area contributed by atoms with Crippen molar-refractivity contribution in [2.75, 3.05) is 0 Å². The minimum Gasteiger partial charge on any atom is -0.478 e. The molecule has 0 unspecified atom stereocenters. The molecule has 0 radical (unpaired) electrons. The van der Waals surface area contributed by atoms with Crippen LogP contribution in [-0.4, -0.2) is 27.1 Å². The smallest absolute Gasteiger partial charge is 0.352 e. The van der Waals surface area contributed by atoms with Gasteiger partial charge in [0.05, 0.1) is 5.57 Å². The maximum atomic E-state index is 11.7. The zero-order chi connectivity index (χ0) is 16.6. The van der Waals surface area contributed by atoms with Crippen LogP contribution in [0.15, 0.2) is 41.8 Å². The molecule has 5 nitrogen and oxygen atoms in total. The number of carboxylic acids is 2. The Balaban J connectivity index is 2.38. The second-order valence-corrected chi connectivity index (χ2v) is 5.96. The number of carboxylic acid groups (broad SMARTS) is 2. The number of aromatic nitrogens is 1. The van der Waals surface area contributed by atoms with Gasteiger partial charge in [-0.1, -0.05) is 24.3 Å². The van der Waals surface area contributed by atoms with Gasteiger partial charge < -0.3 is 15.2 Å². The van der Waals surface area contributed by atoms with Crippen molar-refractivity contribution >= 4 is 45.3 Å². The number of rotatable bonds is 4. The second-order valence-electron chi connectivity index (χ2n) is 5.01. The summed E-state index contributed by atoms with van der Waals surface area (Å²) in [7, 11) is 0. The molecule has 3 N–H and O–H groups in total. The van der Waals surface area contributed by atoms with E-state index >= 15 is 0 Å². The third-order valence-corrected chi connectivity index (χ3v) is 4.54. The molecule has 0 aliphatic heterocycles. The van der Waals surface area contributed by atoms with Crippen molar-refractivity contribution in [2.24, 2.45) is 0 Å². The van der Waals surface area contributed by atoms with Crippen LogP contribution in [0, 0.1) is 0 Å². The van der Waals surface area contributed by atoms with Crippen molar-refractivity contribution in [3.05, 3.63) is 57.9 Å². The van der Waals surface area contributed by atoms with Crippen molar-refractivity contribution < 1.29 is 19.8 Å². The van der Waals surface area contributed by atoms with E-state index in [1.807, 2.05) is 0 Å². The predicted octanol–water partition coefficient (Wildman–Crippen LogP) is 3.94. The SMILES string of the molecule is CC(=C(C(=O)O)c1cccs1)c1c(C(=O)O)[nH]c2ccccc12. The summed E-state index contributed by atoms with van der Waals surface area (Å²) >= 11 is 1.31. The van der Waals surface area contributed by atoms with Crippen molar-refractivity contribution in [1.29, 1.82) is 0 Å². The van der Waals surface area contributed by atoms with E-state index < -0.39 is 11.9 Å². The number of benzene rings is 1. The van der Waals surface area contributed by atoms with E-state index in [0.29, 0.717) is 26.9 Å². The summed E-state index contributed by atoms with van der Waals surface area (Å²) in [5.41, 5.74) is 1.62. The van der Waals surface area contributed by atoms with Crippen LogP contribution in [0.25, 0.3) is 22.0 Å². The van der Waals surface area contributed by atoms with E-state index in [1.54, 1.807) is 48.7 Å². The Hall–Kier alpha value is -2.86. The van der Waals surface area contributed by atoms with Gasteiger partial charge in [-0.05, 0) is 30.0 Å². The molecule has 0 saturated carbocycles. The molecular weight excluding hydrogens is 314 g/mol. The topological polar surface area (TPSA) is 90.4 Å². The largest absolute Gasteiger partial charge is 0.478 e. The summed E-state index contributed by atoms with van der Waals surface area (Å²) in [5.74, 6) is -2.20. The van der Waals surface area contributed by atoms with Gasteiger partial charge in [0.15, 0.2) is 0 Å². The molecule has 23 heavy (non-hydrogen) atoms. The van der Waals surface area contributed by atoms with Crippen LogP contribution in [0.5, 0.6) is 0 Å². The van der Waals surface area contributed by atoms with E-state index in [2.05, 4.69) is 4.98 Å². The van der Waals surface area contributed by atoms with Crippen LogP contribution < -0.4 is 0 Å². The molecule has 0 amide bonds. The first-order valence-corrected chi connectivity index (χ1v) is 7.71. The number of hydrogen-bond acceptors (Lipinski definition) is 3. The number of para-hydroxylation sites is 1. The molecule has 1 aromatic carbocycles. The lowest BCUT2D eigenvalue weighted by atomic mass is 9.97. The number of nitrogens with one attached hydrogen (secondary N) is 1. The Kier molecular flexibility index (Phi) is 3.75. The van der Waals surface area contributed by atoms with Gasteiger partial charge in [-0.2, -0.15) is 0 Å². The first kappa shape index (κ1) is 15.1. The summed E-state index contributed by atoms with van der Waals surface area (Å²) < 4.78 is 0. The van der Waals surface area contributed by atoms with Crippen LogP contribution in [0.4, 0.5) is 0 Å². The van der Waals surface area contributed by atoms with Gasteiger partial charge in [0.1, 0.15) is 5.69 Å². The molecule has 3 rings (SSSR count). The summed E-state index contributed by atoms with van der Waals surface area (Å²) in [5, 5.41) is 21.6.